The number of nitrogens with one attached hydrogen (secondary N) is 2. The number of Topliss-reactive ketones (excluding diaryl/α,β-unsaturated/α-hetero) is 1. The molecule has 2 fully saturated rings. The number of hydrogen-bond acceptors (Lipinski definition) is 4. The molecule has 1 aromatic carbocycles. The summed E-state index contributed by atoms with van der Waals surface area (Å²) in [5.74, 6) is -1.85. The molecule has 1 saturated carbocycles. The molecule has 33 heavy (non-hydrogen) atoms. The first kappa shape index (κ1) is 22.7. The highest BCUT2D eigenvalue weighted by atomic mass is 19.1. The first-order valence-corrected chi connectivity index (χ1v) is 10.8. The summed E-state index contributed by atoms with van der Waals surface area (Å²) in [4.78, 5) is 51.9. The maximum Gasteiger partial charge on any atom is 0.294 e. The van der Waals surface area contributed by atoms with Crippen LogP contribution in [-0.2, 0) is 16.6 Å². The highest BCUT2D eigenvalue weighted by Crippen LogP contribution is 2.45. The quantitative estimate of drug-likeness (QED) is 0.534. The van der Waals surface area contributed by atoms with E-state index in [1.807, 2.05) is 0 Å². The van der Waals surface area contributed by atoms with Crippen LogP contribution in [0.1, 0.15) is 44.6 Å². The molecule has 1 saturated heterocycles. The van der Waals surface area contributed by atoms with E-state index in [9.17, 15) is 23.6 Å². The minimum atomic E-state index is -0.714. The lowest BCUT2D eigenvalue weighted by molar-refractivity contribution is -0.128. The van der Waals surface area contributed by atoms with Gasteiger partial charge in [0, 0.05) is 56.3 Å². The average molecular weight is 455 g/mol. The van der Waals surface area contributed by atoms with Crippen LogP contribution in [0.5, 0.6) is 0 Å². The predicted molar refractivity (Wildman–Crippen MR) is 119 cm³/mol. The summed E-state index contributed by atoms with van der Waals surface area (Å²) in [6, 6.07) is 4.16. The minimum Gasteiger partial charge on any atom is -0.346 e. The summed E-state index contributed by atoms with van der Waals surface area (Å²) in [5, 5.41) is 5.54. The van der Waals surface area contributed by atoms with Gasteiger partial charge in [-0.2, -0.15) is 0 Å². The maximum atomic E-state index is 13.5. The van der Waals surface area contributed by atoms with Crippen molar-refractivity contribution in [3.05, 3.63) is 52.1 Å². The first-order valence-electron chi connectivity index (χ1n) is 10.8. The molecule has 1 unspecified atom stereocenters. The Hall–Kier alpha value is -3.49. The molecule has 9 heteroatoms. The van der Waals surface area contributed by atoms with Crippen LogP contribution in [-0.4, -0.2) is 52.1 Å². The van der Waals surface area contributed by atoms with Crippen molar-refractivity contribution in [3.8, 4) is 0 Å². The predicted octanol–water partition coefficient (Wildman–Crippen LogP) is 2.12. The Morgan fingerprint density at radius 1 is 1.06 bits per heavy atom. The Morgan fingerprint density at radius 3 is 2.27 bits per heavy atom. The zero-order chi connectivity index (χ0) is 24.2. The number of anilines is 1. The number of halogens is 1. The molecule has 2 aliphatic rings. The molecule has 4 rings (SSSR count). The molecule has 174 valence electrons. The lowest BCUT2D eigenvalue weighted by Gasteiger charge is -2.18. The van der Waals surface area contributed by atoms with Crippen LogP contribution in [0.3, 0.4) is 0 Å². The number of fused-ring (bicyclic) bond motifs is 1. The molecule has 3 amide bonds. The molecule has 1 aliphatic heterocycles. The van der Waals surface area contributed by atoms with Gasteiger partial charge >= 0.3 is 0 Å². The summed E-state index contributed by atoms with van der Waals surface area (Å²) in [5.41, 5.74) is 2.24. The lowest BCUT2D eigenvalue weighted by Crippen LogP contribution is -2.39. The van der Waals surface area contributed by atoms with Gasteiger partial charge in [0.1, 0.15) is 5.82 Å². The smallest absolute Gasteiger partial charge is 0.294 e. The van der Waals surface area contributed by atoms with Crippen molar-refractivity contribution in [1.82, 2.24) is 14.8 Å². The summed E-state index contributed by atoms with van der Waals surface area (Å²) in [6.45, 7) is 7.64. The summed E-state index contributed by atoms with van der Waals surface area (Å²) >= 11 is 0. The fraction of sp³-hybridized carbons (Fsp3) is 0.417. The van der Waals surface area contributed by atoms with Crippen molar-refractivity contribution < 1.29 is 23.6 Å². The SMILES string of the molecule is CC(=O)N1C[C@@H]2C(NC(=O)C(=O)c3c(C)c(C(=O)Nc4ccc(F)c(C)c4)c(C)n3C)[C@@H]2C1. The highest BCUT2D eigenvalue weighted by Gasteiger charge is 2.57. The fourth-order valence-corrected chi connectivity index (χ4v) is 4.87. The third-order valence-corrected chi connectivity index (χ3v) is 6.93. The van der Waals surface area contributed by atoms with Crippen molar-refractivity contribution >= 4 is 29.2 Å². The van der Waals surface area contributed by atoms with E-state index in [4.69, 9.17) is 0 Å². The molecule has 0 radical (unpaired) electrons. The number of likely N-dealkylation sites (tertiary alicyclic amines) is 1. The largest absolute Gasteiger partial charge is 0.346 e. The van der Waals surface area contributed by atoms with E-state index >= 15 is 0 Å². The fourth-order valence-electron chi connectivity index (χ4n) is 4.87. The second-order valence-electron chi connectivity index (χ2n) is 8.99. The molecular weight excluding hydrogens is 427 g/mol. The second-order valence-corrected chi connectivity index (χ2v) is 8.99. The van der Waals surface area contributed by atoms with Crippen LogP contribution < -0.4 is 10.6 Å². The van der Waals surface area contributed by atoms with Gasteiger partial charge in [0.25, 0.3) is 17.6 Å². The zero-order valence-electron chi connectivity index (χ0n) is 19.3. The number of hydrogen-bond donors (Lipinski definition) is 2. The van der Waals surface area contributed by atoms with Gasteiger partial charge in [-0.15, -0.1) is 0 Å². The van der Waals surface area contributed by atoms with Crippen LogP contribution >= 0.6 is 0 Å². The van der Waals surface area contributed by atoms with Crippen molar-refractivity contribution in [2.24, 2.45) is 18.9 Å². The Balaban J connectivity index is 1.48. The molecule has 2 aromatic rings. The molecule has 0 spiro atoms. The normalized spacial score (nSPS) is 20.9. The topological polar surface area (TPSA) is 101 Å². The number of aryl methyl sites for hydroxylation is 1. The molecule has 2 heterocycles. The summed E-state index contributed by atoms with van der Waals surface area (Å²) < 4.78 is 15.1. The molecule has 2 N–H and O–H groups in total. The van der Waals surface area contributed by atoms with E-state index in [0.29, 0.717) is 41.2 Å². The highest BCUT2D eigenvalue weighted by molar-refractivity contribution is 6.43. The number of rotatable bonds is 5. The Morgan fingerprint density at radius 2 is 1.70 bits per heavy atom. The summed E-state index contributed by atoms with van der Waals surface area (Å²) in [6.07, 6.45) is 0. The van der Waals surface area contributed by atoms with Gasteiger partial charge in [-0.3, -0.25) is 19.2 Å². The number of piperidine rings is 1. The molecule has 0 bridgehead atoms. The monoisotopic (exact) mass is 454 g/mol. The number of benzene rings is 1. The van der Waals surface area contributed by atoms with Gasteiger partial charge in [0.15, 0.2) is 0 Å². The van der Waals surface area contributed by atoms with Gasteiger partial charge < -0.3 is 20.1 Å². The minimum absolute atomic E-state index is 0.0138. The zero-order valence-corrected chi connectivity index (χ0v) is 19.3. The van der Waals surface area contributed by atoms with Crippen LogP contribution in [0.2, 0.25) is 0 Å². The van der Waals surface area contributed by atoms with Crippen LogP contribution in [0.4, 0.5) is 10.1 Å². The lowest BCUT2D eigenvalue weighted by atomic mass is 10.1. The van der Waals surface area contributed by atoms with Gasteiger partial charge in [0.05, 0.1) is 11.3 Å². The molecular formula is C24H27FN4O4. The van der Waals surface area contributed by atoms with Crippen molar-refractivity contribution in [1.29, 1.82) is 0 Å². The van der Waals surface area contributed by atoms with Gasteiger partial charge in [-0.25, -0.2) is 4.39 Å². The number of ketones is 1. The van der Waals surface area contributed by atoms with E-state index in [1.54, 1.807) is 37.3 Å². The number of amides is 3. The third-order valence-electron chi connectivity index (χ3n) is 6.93. The van der Waals surface area contributed by atoms with Gasteiger partial charge in [0.2, 0.25) is 5.91 Å². The first-order chi connectivity index (χ1) is 15.5. The Bertz CT molecular complexity index is 1190. The number of carbonyl (C=O) groups is 4. The third kappa shape index (κ3) is 3.92. The van der Waals surface area contributed by atoms with Crippen LogP contribution in [0.25, 0.3) is 0 Å². The number of carbonyl (C=O) groups excluding carboxylic acids is 4. The molecule has 1 aromatic heterocycles. The van der Waals surface area contributed by atoms with E-state index in [1.165, 1.54) is 25.1 Å². The van der Waals surface area contributed by atoms with Gasteiger partial charge in [-0.05, 0) is 50.1 Å². The maximum absolute atomic E-state index is 13.5. The average Bonchev–Trinajstić information content (AvgIpc) is 3.07. The number of nitrogens with zero attached hydrogens (tertiary/aromatic N) is 2. The van der Waals surface area contributed by atoms with E-state index in [2.05, 4.69) is 10.6 Å². The molecule has 8 nitrogen and oxygen atoms in total. The molecule has 3 atom stereocenters. The Labute approximate surface area is 191 Å². The number of aromatic nitrogens is 1. The molecule has 1 aliphatic carbocycles. The standard InChI is InChI=1S/C24H27FN4O4/c1-11-8-15(6-7-18(11)25)26-23(32)19-12(2)21(28(5)13(19)3)22(31)24(33)27-20-16-9-29(14(4)30)10-17(16)20/h6-8,16-17,20H,9-10H2,1-5H3,(H,26,32)(H,27,33)/t16-,17+,20?. The van der Waals surface area contributed by atoms with E-state index < -0.39 is 17.6 Å². The second kappa shape index (κ2) is 8.13. The van der Waals surface area contributed by atoms with E-state index in [0.717, 1.165) is 0 Å². The van der Waals surface area contributed by atoms with E-state index in [-0.39, 0.29) is 35.3 Å². The summed E-state index contributed by atoms with van der Waals surface area (Å²) in [7, 11) is 1.64. The van der Waals surface area contributed by atoms with Crippen LogP contribution in [0, 0.1) is 38.4 Å². The van der Waals surface area contributed by atoms with Crippen LogP contribution in [0.15, 0.2) is 18.2 Å². The van der Waals surface area contributed by atoms with Gasteiger partial charge in [-0.1, -0.05) is 0 Å². The van der Waals surface area contributed by atoms with Crippen molar-refractivity contribution in [3.63, 3.8) is 0 Å². The van der Waals surface area contributed by atoms with Crippen molar-refractivity contribution in [2.75, 3.05) is 18.4 Å². The van der Waals surface area contributed by atoms with Crippen molar-refractivity contribution in [2.45, 2.75) is 33.7 Å². The Kier molecular flexibility index (Phi) is 5.59.